The van der Waals surface area contributed by atoms with Gasteiger partial charge >= 0.3 is 0 Å². The van der Waals surface area contributed by atoms with Gasteiger partial charge in [-0.3, -0.25) is 4.79 Å². The number of aliphatic hydroxyl groups is 1. The summed E-state index contributed by atoms with van der Waals surface area (Å²) in [6.45, 7) is 7.32. The summed E-state index contributed by atoms with van der Waals surface area (Å²) in [5.41, 5.74) is 0.797. The number of ether oxygens (including phenoxy) is 3. The lowest BCUT2D eigenvalue weighted by Crippen LogP contribution is -2.32. The molecule has 1 aromatic carbocycles. The number of hydrogen-bond acceptors (Lipinski definition) is 5. The second-order valence-corrected chi connectivity index (χ2v) is 8.55. The van der Waals surface area contributed by atoms with E-state index in [4.69, 9.17) is 14.2 Å². The van der Waals surface area contributed by atoms with Crippen molar-refractivity contribution in [3.8, 4) is 11.5 Å². The molecule has 1 amide bonds. The highest BCUT2D eigenvalue weighted by molar-refractivity contribution is 5.78. The Morgan fingerprint density at radius 1 is 1.06 bits per heavy atom. The molecule has 0 heterocycles. The predicted molar refractivity (Wildman–Crippen MR) is 125 cm³/mol. The van der Waals surface area contributed by atoms with Crippen molar-refractivity contribution in [3.05, 3.63) is 35.9 Å². The fraction of sp³-hybridized carbons (Fsp3) is 0.640. The molecule has 0 saturated carbocycles. The SMILES string of the molecule is COCCCOc1cc(C(O)C(C)CC=CCC(C(=O)N(C)C)C(C)C)ccc1OC. The smallest absolute Gasteiger partial charge is 0.225 e. The molecule has 3 atom stereocenters. The molecule has 0 radical (unpaired) electrons. The minimum absolute atomic E-state index is 0.0213. The molecular weight excluding hydrogens is 394 g/mol. The van der Waals surface area contributed by atoms with Crippen molar-refractivity contribution >= 4 is 5.91 Å². The Labute approximate surface area is 188 Å². The first-order valence-electron chi connectivity index (χ1n) is 11.1. The van der Waals surface area contributed by atoms with E-state index in [1.165, 1.54) is 0 Å². The Morgan fingerprint density at radius 3 is 2.32 bits per heavy atom. The van der Waals surface area contributed by atoms with E-state index in [1.54, 1.807) is 33.2 Å². The van der Waals surface area contributed by atoms with Crippen LogP contribution in [0.3, 0.4) is 0 Å². The molecular formula is C25H41NO5. The van der Waals surface area contributed by atoms with Gasteiger partial charge < -0.3 is 24.2 Å². The van der Waals surface area contributed by atoms with Crippen LogP contribution in [-0.4, -0.2) is 57.4 Å². The van der Waals surface area contributed by atoms with Crippen molar-refractivity contribution < 1.29 is 24.1 Å². The summed E-state index contributed by atoms with van der Waals surface area (Å²) in [6, 6.07) is 5.55. The maximum atomic E-state index is 12.3. The van der Waals surface area contributed by atoms with Crippen molar-refractivity contribution in [2.75, 3.05) is 41.5 Å². The Kier molecular flexibility index (Phi) is 12.3. The van der Waals surface area contributed by atoms with E-state index >= 15 is 0 Å². The zero-order valence-corrected chi connectivity index (χ0v) is 20.3. The van der Waals surface area contributed by atoms with Gasteiger partial charge in [0.1, 0.15) is 0 Å². The van der Waals surface area contributed by atoms with Gasteiger partial charge in [-0.25, -0.2) is 0 Å². The van der Waals surface area contributed by atoms with E-state index in [-0.39, 0.29) is 23.7 Å². The van der Waals surface area contributed by atoms with Crippen LogP contribution in [-0.2, 0) is 9.53 Å². The highest BCUT2D eigenvalue weighted by Gasteiger charge is 2.22. The number of carbonyl (C=O) groups excluding carboxylic acids is 1. The van der Waals surface area contributed by atoms with Gasteiger partial charge in [0.25, 0.3) is 0 Å². The van der Waals surface area contributed by atoms with E-state index in [9.17, 15) is 9.90 Å². The van der Waals surface area contributed by atoms with Crippen LogP contribution in [0.5, 0.6) is 11.5 Å². The molecule has 0 saturated heterocycles. The highest BCUT2D eigenvalue weighted by Crippen LogP contribution is 2.33. The van der Waals surface area contributed by atoms with Gasteiger partial charge in [-0.1, -0.05) is 39.0 Å². The van der Waals surface area contributed by atoms with E-state index in [0.29, 0.717) is 31.1 Å². The van der Waals surface area contributed by atoms with Crippen molar-refractivity contribution in [1.29, 1.82) is 0 Å². The minimum Gasteiger partial charge on any atom is -0.493 e. The molecule has 0 bridgehead atoms. The second kappa shape index (κ2) is 14.1. The average molecular weight is 436 g/mol. The molecule has 31 heavy (non-hydrogen) atoms. The number of allylic oxidation sites excluding steroid dienone is 2. The molecule has 0 aliphatic rings. The van der Waals surface area contributed by atoms with E-state index in [2.05, 4.69) is 26.0 Å². The number of hydrogen-bond donors (Lipinski definition) is 1. The van der Waals surface area contributed by atoms with Crippen molar-refractivity contribution in [2.45, 2.75) is 46.1 Å². The number of methoxy groups -OCH3 is 2. The Hall–Kier alpha value is -2.05. The van der Waals surface area contributed by atoms with Gasteiger partial charge in [0, 0.05) is 40.2 Å². The Bertz CT molecular complexity index is 686. The molecule has 6 heteroatoms. The molecule has 1 aromatic rings. The van der Waals surface area contributed by atoms with Gasteiger partial charge in [-0.05, 0) is 42.4 Å². The Balaban J connectivity index is 2.72. The van der Waals surface area contributed by atoms with Gasteiger partial charge in [0.2, 0.25) is 5.91 Å². The van der Waals surface area contributed by atoms with Crippen LogP contribution in [0.1, 0.15) is 51.7 Å². The van der Waals surface area contributed by atoms with Crippen molar-refractivity contribution in [2.24, 2.45) is 17.8 Å². The number of aliphatic hydroxyl groups excluding tert-OH is 1. The fourth-order valence-electron chi connectivity index (χ4n) is 3.38. The molecule has 1 N–H and O–H groups in total. The van der Waals surface area contributed by atoms with Gasteiger partial charge in [-0.15, -0.1) is 0 Å². The zero-order chi connectivity index (χ0) is 23.4. The number of carbonyl (C=O) groups is 1. The van der Waals surface area contributed by atoms with Gasteiger partial charge in [0.15, 0.2) is 11.5 Å². The van der Waals surface area contributed by atoms with Crippen LogP contribution >= 0.6 is 0 Å². The van der Waals surface area contributed by atoms with Gasteiger partial charge in [-0.2, -0.15) is 0 Å². The fourth-order valence-corrected chi connectivity index (χ4v) is 3.38. The van der Waals surface area contributed by atoms with Crippen LogP contribution in [0, 0.1) is 17.8 Å². The molecule has 6 nitrogen and oxygen atoms in total. The monoisotopic (exact) mass is 435 g/mol. The summed E-state index contributed by atoms with van der Waals surface area (Å²) >= 11 is 0. The van der Waals surface area contributed by atoms with Crippen LogP contribution < -0.4 is 9.47 Å². The molecule has 0 aromatic heterocycles. The van der Waals surface area contributed by atoms with Crippen LogP contribution in [0.25, 0.3) is 0 Å². The van der Waals surface area contributed by atoms with Crippen LogP contribution in [0.2, 0.25) is 0 Å². The van der Waals surface area contributed by atoms with Crippen LogP contribution in [0.4, 0.5) is 0 Å². The molecule has 0 spiro atoms. The minimum atomic E-state index is -0.624. The first-order chi connectivity index (χ1) is 14.7. The van der Waals surface area contributed by atoms with E-state index < -0.39 is 6.10 Å². The number of benzene rings is 1. The topological polar surface area (TPSA) is 68.2 Å². The number of amides is 1. The largest absolute Gasteiger partial charge is 0.493 e. The molecule has 3 unspecified atom stereocenters. The summed E-state index contributed by atoms with van der Waals surface area (Å²) < 4.78 is 16.2. The number of nitrogens with zero attached hydrogens (tertiary/aromatic N) is 1. The third-order valence-corrected chi connectivity index (χ3v) is 5.45. The standard InChI is InChI=1S/C25H41NO5/c1-18(2)21(25(28)26(4)5)12-9-8-11-19(3)24(27)20-13-14-22(30-7)23(17-20)31-16-10-15-29-6/h8-9,13-14,17-19,21,24,27H,10-12,15-16H2,1-7H3. The summed E-state index contributed by atoms with van der Waals surface area (Å²) in [5, 5.41) is 10.8. The average Bonchev–Trinajstić information content (AvgIpc) is 2.75. The summed E-state index contributed by atoms with van der Waals surface area (Å²) in [4.78, 5) is 14.0. The van der Waals surface area contributed by atoms with Gasteiger partial charge in [0.05, 0.1) is 19.8 Å². The highest BCUT2D eigenvalue weighted by atomic mass is 16.5. The molecule has 0 fully saturated rings. The molecule has 0 aliphatic heterocycles. The third-order valence-electron chi connectivity index (χ3n) is 5.45. The van der Waals surface area contributed by atoms with E-state index in [1.807, 2.05) is 25.1 Å². The summed E-state index contributed by atoms with van der Waals surface area (Å²) in [5.74, 6) is 1.71. The lowest BCUT2D eigenvalue weighted by atomic mass is 9.90. The molecule has 176 valence electrons. The lowest BCUT2D eigenvalue weighted by Gasteiger charge is -2.22. The maximum Gasteiger partial charge on any atom is 0.225 e. The summed E-state index contributed by atoms with van der Waals surface area (Å²) in [6.07, 6.45) is 5.71. The Morgan fingerprint density at radius 2 is 1.74 bits per heavy atom. The zero-order valence-electron chi connectivity index (χ0n) is 20.3. The van der Waals surface area contributed by atoms with Crippen LogP contribution in [0.15, 0.2) is 30.4 Å². The maximum absolute atomic E-state index is 12.3. The van der Waals surface area contributed by atoms with Crippen molar-refractivity contribution in [3.63, 3.8) is 0 Å². The first-order valence-corrected chi connectivity index (χ1v) is 11.1. The molecule has 1 rings (SSSR count). The predicted octanol–water partition coefficient (Wildman–Crippen LogP) is 4.48. The lowest BCUT2D eigenvalue weighted by molar-refractivity contribution is -0.134. The molecule has 0 aliphatic carbocycles. The third kappa shape index (κ3) is 8.91. The quantitative estimate of drug-likeness (QED) is 0.345. The normalized spacial score (nSPS) is 14.5. The summed E-state index contributed by atoms with van der Waals surface area (Å²) in [7, 11) is 6.86. The van der Waals surface area contributed by atoms with E-state index in [0.717, 1.165) is 18.4 Å². The second-order valence-electron chi connectivity index (χ2n) is 8.55. The van der Waals surface area contributed by atoms with Crippen molar-refractivity contribution in [1.82, 2.24) is 4.90 Å². The first kappa shape index (κ1) is 27.0. The number of rotatable bonds is 14.